The Kier molecular flexibility index (Phi) is 4.98. The minimum absolute atomic E-state index is 0.111. The van der Waals surface area contributed by atoms with Crippen LogP contribution in [0.1, 0.15) is 23.3 Å². The Balaban J connectivity index is 2.53. The van der Waals surface area contributed by atoms with E-state index in [1.54, 1.807) is 49.4 Å². The van der Waals surface area contributed by atoms with Crippen LogP contribution in [-0.4, -0.2) is 21.0 Å². The van der Waals surface area contributed by atoms with Crippen molar-refractivity contribution in [3.63, 3.8) is 0 Å². The fourth-order valence-electron chi connectivity index (χ4n) is 2.15. The van der Waals surface area contributed by atoms with Gasteiger partial charge in [-0.2, -0.15) is 0 Å². The highest BCUT2D eigenvalue weighted by Gasteiger charge is 2.36. The van der Waals surface area contributed by atoms with Gasteiger partial charge in [-0.15, -0.1) is 0 Å². The van der Waals surface area contributed by atoms with Crippen LogP contribution in [0.25, 0.3) is 0 Å². The fourth-order valence-corrected chi connectivity index (χ4v) is 3.78. The molecular formula is C17H18O4S. The molecule has 0 spiro atoms. The second-order valence-corrected chi connectivity index (χ2v) is 6.93. The first-order valence-corrected chi connectivity index (χ1v) is 8.53. The molecule has 0 saturated heterocycles. The molecule has 0 bridgehead atoms. The van der Waals surface area contributed by atoms with Crippen LogP contribution in [0.3, 0.4) is 0 Å². The molecular weight excluding hydrogens is 300 g/mol. The van der Waals surface area contributed by atoms with Crippen molar-refractivity contribution in [3.05, 3.63) is 65.7 Å². The van der Waals surface area contributed by atoms with Crippen molar-refractivity contribution in [2.24, 2.45) is 0 Å². The van der Waals surface area contributed by atoms with E-state index in [-0.39, 0.29) is 11.5 Å². The third-order valence-electron chi connectivity index (χ3n) is 3.26. The molecule has 22 heavy (non-hydrogen) atoms. The predicted molar refractivity (Wildman–Crippen MR) is 84.2 cm³/mol. The van der Waals surface area contributed by atoms with Gasteiger partial charge in [-0.05, 0) is 31.5 Å². The molecule has 0 aliphatic heterocycles. The topological polar surface area (TPSA) is 60.4 Å². The molecule has 4 nitrogen and oxygen atoms in total. The first kappa shape index (κ1) is 16.2. The van der Waals surface area contributed by atoms with Gasteiger partial charge in [0, 0.05) is 0 Å². The van der Waals surface area contributed by atoms with E-state index in [0.29, 0.717) is 5.56 Å². The van der Waals surface area contributed by atoms with Crippen molar-refractivity contribution >= 4 is 15.8 Å². The summed E-state index contributed by atoms with van der Waals surface area (Å²) in [7, 11) is -3.87. The van der Waals surface area contributed by atoms with Crippen molar-refractivity contribution in [2.45, 2.75) is 24.0 Å². The van der Waals surface area contributed by atoms with Crippen LogP contribution in [0.5, 0.6) is 0 Å². The normalized spacial score (nSPS) is 12.6. The maximum absolute atomic E-state index is 12.9. The van der Waals surface area contributed by atoms with Crippen LogP contribution in [0, 0.1) is 6.92 Å². The SMILES string of the molecule is CCOC(=O)C(c1ccccc1)S(=O)(=O)c1ccc(C)cc1. The summed E-state index contributed by atoms with van der Waals surface area (Å²) in [4.78, 5) is 12.3. The summed E-state index contributed by atoms with van der Waals surface area (Å²) in [5, 5.41) is -1.35. The zero-order valence-corrected chi connectivity index (χ0v) is 13.3. The summed E-state index contributed by atoms with van der Waals surface area (Å²) >= 11 is 0. The molecule has 0 heterocycles. The van der Waals surface area contributed by atoms with E-state index in [1.165, 1.54) is 12.1 Å². The average Bonchev–Trinajstić information content (AvgIpc) is 2.49. The number of rotatable bonds is 5. The molecule has 0 aliphatic rings. The van der Waals surface area contributed by atoms with Crippen LogP contribution in [0.15, 0.2) is 59.5 Å². The standard InChI is InChI=1S/C17H18O4S/c1-3-21-17(18)16(14-7-5-4-6-8-14)22(19,20)15-11-9-13(2)10-12-15/h4-12,16H,3H2,1-2H3. The molecule has 0 radical (unpaired) electrons. The first-order chi connectivity index (χ1) is 10.5. The first-order valence-electron chi connectivity index (χ1n) is 6.99. The number of sulfone groups is 1. The molecule has 0 aliphatic carbocycles. The third kappa shape index (κ3) is 3.36. The molecule has 0 saturated carbocycles. The van der Waals surface area contributed by atoms with E-state index in [1.807, 2.05) is 6.92 Å². The van der Waals surface area contributed by atoms with E-state index in [9.17, 15) is 13.2 Å². The minimum atomic E-state index is -3.87. The van der Waals surface area contributed by atoms with Gasteiger partial charge in [0.15, 0.2) is 15.1 Å². The predicted octanol–water partition coefficient (Wildman–Crippen LogP) is 3.07. The lowest BCUT2D eigenvalue weighted by atomic mass is 10.1. The number of ether oxygens (including phenoxy) is 1. The van der Waals surface area contributed by atoms with E-state index < -0.39 is 21.1 Å². The Morgan fingerprint density at radius 3 is 2.18 bits per heavy atom. The molecule has 116 valence electrons. The van der Waals surface area contributed by atoms with Gasteiger partial charge >= 0.3 is 5.97 Å². The van der Waals surface area contributed by atoms with Gasteiger partial charge in [0.2, 0.25) is 0 Å². The zero-order valence-electron chi connectivity index (χ0n) is 12.5. The van der Waals surface area contributed by atoms with Gasteiger partial charge in [0.05, 0.1) is 11.5 Å². The lowest BCUT2D eigenvalue weighted by molar-refractivity contribution is -0.142. The number of hydrogen-bond acceptors (Lipinski definition) is 4. The summed E-state index contributed by atoms with van der Waals surface area (Å²) in [6, 6.07) is 14.9. The van der Waals surface area contributed by atoms with Crippen LogP contribution >= 0.6 is 0 Å². The molecule has 2 aromatic rings. The zero-order chi connectivity index (χ0) is 16.2. The highest BCUT2D eigenvalue weighted by Crippen LogP contribution is 2.30. The van der Waals surface area contributed by atoms with Gasteiger partial charge in [0.1, 0.15) is 0 Å². The Morgan fingerprint density at radius 2 is 1.64 bits per heavy atom. The highest BCUT2D eigenvalue weighted by molar-refractivity contribution is 7.92. The molecule has 5 heteroatoms. The summed E-state index contributed by atoms with van der Waals surface area (Å²) in [5.41, 5.74) is 1.35. The van der Waals surface area contributed by atoms with Gasteiger partial charge in [-0.3, -0.25) is 4.79 Å². The summed E-state index contributed by atoms with van der Waals surface area (Å²) in [6.07, 6.45) is 0. The smallest absolute Gasteiger partial charge is 0.329 e. The molecule has 0 fully saturated rings. The number of carbonyl (C=O) groups is 1. The number of hydrogen-bond donors (Lipinski definition) is 0. The Morgan fingerprint density at radius 1 is 1.05 bits per heavy atom. The molecule has 2 rings (SSSR count). The molecule has 0 amide bonds. The van der Waals surface area contributed by atoms with E-state index in [0.717, 1.165) is 5.56 Å². The summed E-state index contributed by atoms with van der Waals surface area (Å²) < 4.78 is 30.7. The fraction of sp³-hybridized carbons (Fsp3) is 0.235. The van der Waals surface area contributed by atoms with Crippen molar-refractivity contribution in [2.75, 3.05) is 6.61 Å². The van der Waals surface area contributed by atoms with Crippen molar-refractivity contribution < 1.29 is 17.9 Å². The summed E-state index contributed by atoms with van der Waals surface area (Å²) in [5.74, 6) is -0.755. The van der Waals surface area contributed by atoms with Gasteiger partial charge < -0.3 is 4.74 Å². The largest absolute Gasteiger partial charge is 0.465 e. The van der Waals surface area contributed by atoms with Crippen molar-refractivity contribution in [1.82, 2.24) is 0 Å². The number of benzene rings is 2. The third-order valence-corrected chi connectivity index (χ3v) is 5.28. The number of esters is 1. The van der Waals surface area contributed by atoms with Crippen molar-refractivity contribution in [1.29, 1.82) is 0 Å². The maximum Gasteiger partial charge on any atom is 0.329 e. The van der Waals surface area contributed by atoms with E-state index in [2.05, 4.69) is 0 Å². The second-order valence-electron chi connectivity index (χ2n) is 4.90. The second kappa shape index (κ2) is 6.75. The van der Waals surface area contributed by atoms with E-state index >= 15 is 0 Å². The van der Waals surface area contributed by atoms with Gasteiger partial charge in [-0.1, -0.05) is 48.0 Å². The van der Waals surface area contributed by atoms with Gasteiger partial charge in [0.25, 0.3) is 0 Å². The number of aryl methyl sites for hydroxylation is 1. The van der Waals surface area contributed by atoms with Crippen LogP contribution in [-0.2, 0) is 19.4 Å². The maximum atomic E-state index is 12.9. The quantitative estimate of drug-likeness (QED) is 0.795. The average molecular weight is 318 g/mol. The Bertz CT molecular complexity index is 734. The Hall–Kier alpha value is -2.14. The number of carbonyl (C=O) groups excluding carboxylic acids is 1. The van der Waals surface area contributed by atoms with Crippen molar-refractivity contribution in [3.8, 4) is 0 Å². The van der Waals surface area contributed by atoms with E-state index in [4.69, 9.17) is 4.74 Å². The van der Waals surface area contributed by atoms with Crippen LogP contribution < -0.4 is 0 Å². The lowest BCUT2D eigenvalue weighted by Gasteiger charge is -2.17. The lowest BCUT2D eigenvalue weighted by Crippen LogP contribution is -2.24. The molecule has 0 N–H and O–H groups in total. The minimum Gasteiger partial charge on any atom is -0.465 e. The van der Waals surface area contributed by atoms with Crippen LogP contribution in [0.4, 0.5) is 0 Å². The molecule has 0 aromatic heterocycles. The van der Waals surface area contributed by atoms with Crippen LogP contribution in [0.2, 0.25) is 0 Å². The molecule has 1 atom stereocenters. The Labute approximate surface area is 130 Å². The highest BCUT2D eigenvalue weighted by atomic mass is 32.2. The summed E-state index contributed by atoms with van der Waals surface area (Å²) in [6.45, 7) is 3.65. The molecule has 1 unspecified atom stereocenters. The molecule has 2 aromatic carbocycles. The monoisotopic (exact) mass is 318 g/mol. The van der Waals surface area contributed by atoms with Gasteiger partial charge in [-0.25, -0.2) is 8.42 Å².